The third-order valence-corrected chi connectivity index (χ3v) is 5.54. The molecule has 0 spiro atoms. The highest BCUT2D eigenvalue weighted by Crippen LogP contribution is 2.35. The van der Waals surface area contributed by atoms with Gasteiger partial charge in [0, 0.05) is 5.02 Å². The Labute approximate surface area is 164 Å². The van der Waals surface area contributed by atoms with Crippen LogP contribution in [0.15, 0.2) is 41.3 Å². The fourth-order valence-corrected chi connectivity index (χ4v) is 3.77. The SMILES string of the molecule is COc1ccc(Cl)cc1NC1NC(=O)/C(=C/c2cccc(Cl)c2Cl)S1. The summed E-state index contributed by atoms with van der Waals surface area (Å²) in [7, 11) is 1.57. The minimum Gasteiger partial charge on any atom is -0.495 e. The molecule has 1 fully saturated rings. The maximum absolute atomic E-state index is 12.2. The molecule has 0 radical (unpaired) electrons. The quantitative estimate of drug-likeness (QED) is 0.669. The van der Waals surface area contributed by atoms with E-state index in [0.717, 1.165) is 0 Å². The zero-order valence-electron chi connectivity index (χ0n) is 13.0. The molecule has 1 atom stereocenters. The molecule has 2 aromatic carbocycles. The van der Waals surface area contributed by atoms with Crippen LogP contribution in [0.2, 0.25) is 15.1 Å². The Bertz CT molecular complexity index is 858. The normalized spacial score (nSPS) is 18.3. The maximum Gasteiger partial charge on any atom is 0.260 e. The highest BCUT2D eigenvalue weighted by molar-refractivity contribution is 8.05. The zero-order valence-corrected chi connectivity index (χ0v) is 16.1. The van der Waals surface area contributed by atoms with Crippen LogP contribution in [0, 0.1) is 0 Å². The van der Waals surface area contributed by atoms with Gasteiger partial charge in [-0.2, -0.15) is 0 Å². The van der Waals surface area contributed by atoms with Crippen LogP contribution in [0.3, 0.4) is 0 Å². The molecule has 0 bridgehead atoms. The van der Waals surface area contributed by atoms with E-state index in [1.54, 1.807) is 49.6 Å². The molecule has 8 heteroatoms. The van der Waals surface area contributed by atoms with Crippen molar-refractivity contribution in [1.29, 1.82) is 0 Å². The number of hydrogen-bond acceptors (Lipinski definition) is 4. The van der Waals surface area contributed by atoms with Gasteiger partial charge in [0.15, 0.2) is 5.50 Å². The molecule has 1 saturated heterocycles. The van der Waals surface area contributed by atoms with Gasteiger partial charge in [-0.3, -0.25) is 4.79 Å². The summed E-state index contributed by atoms with van der Waals surface area (Å²) < 4.78 is 5.30. The number of anilines is 1. The number of methoxy groups -OCH3 is 1. The first-order valence-electron chi connectivity index (χ1n) is 7.21. The van der Waals surface area contributed by atoms with Gasteiger partial charge in [0.25, 0.3) is 5.91 Å². The van der Waals surface area contributed by atoms with E-state index in [4.69, 9.17) is 39.5 Å². The summed E-state index contributed by atoms with van der Waals surface area (Å²) >= 11 is 19.6. The van der Waals surface area contributed by atoms with Crippen molar-refractivity contribution in [3.05, 3.63) is 61.9 Å². The molecule has 4 nitrogen and oxygen atoms in total. The highest BCUT2D eigenvalue weighted by Gasteiger charge is 2.28. The van der Waals surface area contributed by atoms with Crippen LogP contribution < -0.4 is 15.4 Å². The van der Waals surface area contributed by atoms with Gasteiger partial charge in [0.05, 0.1) is 27.7 Å². The second kappa shape index (κ2) is 7.79. The average molecular weight is 416 g/mol. The molecule has 0 aliphatic carbocycles. The van der Waals surface area contributed by atoms with Gasteiger partial charge in [0.1, 0.15) is 5.75 Å². The van der Waals surface area contributed by atoms with Crippen molar-refractivity contribution in [3.8, 4) is 5.75 Å². The summed E-state index contributed by atoms with van der Waals surface area (Å²) in [5, 5.41) is 7.47. The Kier molecular flexibility index (Phi) is 5.69. The lowest BCUT2D eigenvalue weighted by Gasteiger charge is -2.15. The first-order valence-corrected chi connectivity index (χ1v) is 9.22. The Hall–Kier alpha value is -1.53. The van der Waals surface area contributed by atoms with Crippen molar-refractivity contribution >= 4 is 64.2 Å². The Morgan fingerprint density at radius 2 is 2.04 bits per heavy atom. The molecular weight excluding hydrogens is 403 g/mol. The lowest BCUT2D eigenvalue weighted by Crippen LogP contribution is -2.31. The van der Waals surface area contributed by atoms with Gasteiger partial charge >= 0.3 is 0 Å². The highest BCUT2D eigenvalue weighted by atomic mass is 35.5. The molecular formula is C17H13Cl3N2O2S. The summed E-state index contributed by atoms with van der Waals surface area (Å²) in [5.74, 6) is 0.439. The average Bonchev–Trinajstić information content (AvgIpc) is 2.91. The largest absolute Gasteiger partial charge is 0.495 e. The predicted molar refractivity (Wildman–Crippen MR) is 106 cm³/mol. The van der Waals surface area contributed by atoms with Crippen LogP contribution in [0.1, 0.15) is 5.56 Å². The van der Waals surface area contributed by atoms with Gasteiger partial charge in [-0.25, -0.2) is 0 Å². The van der Waals surface area contributed by atoms with Crippen molar-refractivity contribution in [3.63, 3.8) is 0 Å². The second-order valence-corrected chi connectivity index (χ2v) is 7.48. The summed E-state index contributed by atoms with van der Waals surface area (Å²) in [6.45, 7) is 0. The molecule has 1 aliphatic heterocycles. The summed E-state index contributed by atoms with van der Waals surface area (Å²) in [4.78, 5) is 12.8. The number of thioether (sulfide) groups is 1. The van der Waals surface area contributed by atoms with E-state index in [1.807, 2.05) is 0 Å². The third kappa shape index (κ3) is 4.18. The van der Waals surface area contributed by atoms with Gasteiger partial charge in [-0.1, -0.05) is 58.7 Å². The van der Waals surface area contributed by atoms with Gasteiger partial charge in [-0.05, 0) is 35.9 Å². The van der Waals surface area contributed by atoms with Crippen LogP contribution in [-0.4, -0.2) is 18.5 Å². The summed E-state index contributed by atoms with van der Waals surface area (Å²) in [6.07, 6.45) is 1.71. The fraction of sp³-hybridized carbons (Fsp3) is 0.118. The van der Waals surface area contributed by atoms with Crippen molar-refractivity contribution in [2.75, 3.05) is 12.4 Å². The first kappa shape index (κ1) is 18.3. The van der Waals surface area contributed by atoms with Crippen molar-refractivity contribution in [2.45, 2.75) is 5.50 Å². The number of amides is 1. The number of rotatable bonds is 4. The van der Waals surface area contributed by atoms with Gasteiger partial charge in [-0.15, -0.1) is 0 Å². The van der Waals surface area contributed by atoms with Gasteiger partial charge < -0.3 is 15.4 Å². The number of halogens is 3. The number of carbonyl (C=O) groups is 1. The molecule has 2 aromatic rings. The lowest BCUT2D eigenvalue weighted by atomic mass is 10.2. The smallest absolute Gasteiger partial charge is 0.260 e. The van der Waals surface area contributed by atoms with E-state index in [0.29, 0.717) is 37.0 Å². The maximum atomic E-state index is 12.2. The van der Waals surface area contributed by atoms with Crippen LogP contribution in [0.4, 0.5) is 5.69 Å². The molecule has 130 valence electrons. The minimum atomic E-state index is -0.357. The van der Waals surface area contributed by atoms with Gasteiger partial charge in [0.2, 0.25) is 0 Å². The molecule has 1 aliphatic rings. The topological polar surface area (TPSA) is 50.4 Å². The number of carbonyl (C=O) groups excluding carboxylic acids is 1. The van der Waals surface area contributed by atoms with E-state index >= 15 is 0 Å². The predicted octanol–water partition coefficient (Wildman–Crippen LogP) is 5.26. The van der Waals surface area contributed by atoms with Crippen LogP contribution >= 0.6 is 46.6 Å². The van der Waals surface area contributed by atoms with Crippen LogP contribution in [0.25, 0.3) is 6.08 Å². The van der Waals surface area contributed by atoms with E-state index < -0.39 is 0 Å². The summed E-state index contributed by atoms with van der Waals surface area (Å²) in [5.41, 5.74) is 1.02. The van der Waals surface area contributed by atoms with E-state index in [9.17, 15) is 4.79 Å². The van der Waals surface area contributed by atoms with E-state index in [-0.39, 0.29) is 11.4 Å². The number of benzene rings is 2. The first-order chi connectivity index (χ1) is 12.0. The summed E-state index contributed by atoms with van der Waals surface area (Å²) in [6, 6.07) is 10.5. The standard InChI is InChI=1S/C17H13Cl3N2O2S/c1-24-13-6-5-10(18)8-12(13)21-17-22-16(23)14(25-17)7-9-3-2-4-11(19)15(9)20/h2-8,17,21H,1H3,(H,22,23)/b14-7-. The number of nitrogens with one attached hydrogen (secondary N) is 2. The van der Waals surface area contributed by atoms with Crippen molar-refractivity contribution in [2.24, 2.45) is 0 Å². The molecule has 25 heavy (non-hydrogen) atoms. The molecule has 0 saturated carbocycles. The zero-order chi connectivity index (χ0) is 18.0. The minimum absolute atomic E-state index is 0.195. The van der Waals surface area contributed by atoms with Crippen molar-refractivity contribution < 1.29 is 9.53 Å². The number of hydrogen-bond donors (Lipinski definition) is 2. The Morgan fingerprint density at radius 3 is 2.80 bits per heavy atom. The molecule has 0 aromatic heterocycles. The lowest BCUT2D eigenvalue weighted by molar-refractivity contribution is -0.116. The number of ether oxygens (including phenoxy) is 1. The Balaban J connectivity index is 1.80. The van der Waals surface area contributed by atoms with E-state index in [1.165, 1.54) is 11.8 Å². The van der Waals surface area contributed by atoms with Crippen molar-refractivity contribution in [1.82, 2.24) is 5.32 Å². The molecule has 3 rings (SSSR count). The second-order valence-electron chi connectivity index (χ2n) is 5.11. The van der Waals surface area contributed by atoms with Crippen LogP contribution in [0.5, 0.6) is 5.75 Å². The molecule has 2 N–H and O–H groups in total. The van der Waals surface area contributed by atoms with E-state index in [2.05, 4.69) is 10.6 Å². The molecule has 1 heterocycles. The Morgan fingerprint density at radius 1 is 1.24 bits per heavy atom. The third-order valence-electron chi connectivity index (χ3n) is 3.45. The molecule has 1 unspecified atom stereocenters. The fourth-order valence-electron chi connectivity index (χ4n) is 2.27. The monoisotopic (exact) mass is 414 g/mol. The van der Waals surface area contributed by atoms with Crippen LogP contribution in [-0.2, 0) is 4.79 Å². The molecule has 1 amide bonds.